The number of ether oxygens (including phenoxy) is 3. The van der Waals surface area contributed by atoms with Crippen LogP contribution in [0, 0.1) is 5.41 Å². The Morgan fingerprint density at radius 2 is 1.97 bits per heavy atom. The maximum atomic E-state index is 13.0. The normalized spacial score (nSPS) is 19.5. The van der Waals surface area contributed by atoms with Gasteiger partial charge in [-0.15, -0.1) is 23.1 Å². The number of fused-ring (bicyclic) bond motifs is 1. The fraction of sp³-hybridized carbons (Fsp3) is 0.450. The predicted octanol–water partition coefficient (Wildman–Crippen LogP) is -0.257. The van der Waals surface area contributed by atoms with Crippen LogP contribution in [0.15, 0.2) is 21.8 Å². The number of β-lactam (4-membered cyclic amide) rings is 1. The van der Waals surface area contributed by atoms with Crippen LogP contribution in [-0.4, -0.2) is 81.2 Å². The molecule has 15 nitrogen and oxygen atoms in total. The van der Waals surface area contributed by atoms with Crippen LogP contribution < -0.4 is 16.8 Å². The third-order valence-corrected chi connectivity index (χ3v) is 7.00. The molecule has 6 N–H and O–H groups in total. The van der Waals surface area contributed by atoms with Crippen molar-refractivity contribution in [2.45, 2.75) is 32.2 Å². The highest BCUT2D eigenvalue weighted by Gasteiger charge is 2.55. The number of hydrogen-bond donors (Lipinski definition) is 4. The molecule has 3 amide bonds. The van der Waals surface area contributed by atoms with E-state index in [1.807, 2.05) is 0 Å². The van der Waals surface area contributed by atoms with E-state index in [1.54, 1.807) is 20.8 Å². The number of thioether (sulfide) groups is 1. The van der Waals surface area contributed by atoms with Crippen molar-refractivity contribution >= 4 is 63.8 Å². The summed E-state index contributed by atoms with van der Waals surface area (Å²) < 4.78 is 14.8. The zero-order valence-electron chi connectivity index (χ0n) is 19.9. The molecule has 2 aliphatic heterocycles. The van der Waals surface area contributed by atoms with E-state index in [0.717, 1.165) is 16.2 Å². The summed E-state index contributed by atoms with van der Waals surface area (Å²) >= 11 is 2.19. The van der Waals surface area contributed by atoms with Gasteiger partial charge >= 0.3 is 18.0 Å². The predicted molar refractivity (Wildman–Crippen MR) is 129 cm³/mol. The second-order valence-corrected chi connectivity index (χ2v) is 10.7. The summed E-state index contributed by atoms with van der Waals surface area (Å²) in [5.74, 6) is -3.09. The molecule has 1 fully saturated rings. The monoisotopic (exact) mass is 556 g/mol. The fourth-order valence-corrected chi connectivity index (χ4v) is 5.06. The van der Waals surface area contributed by atoms with Crippen LogP contribution in [0.4, 0.5) is 9.93 Å². The number of carbonyl (C=O) groups is 5. The van der Waals surface area contributed by atoms with Gasteiger partial charge in [0.2, 0.25) is 6.79 Å². The minimum atomic E-state index is -1.09. The lowest BCUT2D eigenvalue weighted by Gasteiger charge is -2.49. The molecule has 3 heterocycles. The first-order chi connectivity index (χ1) is 17.3. The largest absolute Gasteiger partial charge is 0.445 e. The number of oxime groups is 1. The minimum Gasteiger partial charge on any atom is -0.445 e. The molecule has 0 spiro atoms. The lowest BCUT2D eigenvalue weighted by molar-refractivity contribution is -0.173. The molecule has 17 heteroatoms. The Labute approximate surface area is 218 Å². The standard InChI is InChI=1S/C20H24N6O9S2/c1-20(2,3)17(30)35-7-34-16(29)12-8(4-33-19(22)31)5-36-15-11(14(28)26(12)15)24-13(27)10(25-32)9-6-37-18(21)23-9/h6,11,15,32H,4-5,7H2,1-3H3,(H2,21,23)(H2,22,31)(H,24,27)/b25-10-/t11-,15-/m1/s1. The van der Waals surface area contributed by atoms with Crippen LogP contribution in [0.5, 0.6) is 0 Å². The number of hydrogen-bond acceptors (Lipinski definition) is 14. The zero-order valence-corrected chi connectivity index (χ0v) is 21.5. The van der Waals surface area contributed by atoms with E-state index in [4.69, 9.17) is 25.7 Å². The fourth-order valence-electron chi connectivity index (χ4n) is 3.18. The number of aromatic nitrogens is 1. The Kier molecular flexibility index (Phi) is 8.27. The molecule has 2 atom stereocenters. The summed E-state index contributed by atoms with van der Waals surface area (Å²) in [4.78, 5) is 66.5. The Bertz CT molecular complexity index is 1190. The Balaban J connectivity index is 1.75. The van der Waals surface area contributed by atoms with E-state index in [1.165, 1.54) is 17.1 Å². The molecule has 1 aromatic rings. The maximum absolute atomic E-state index is 13.0. The van der Waals surface area contributed by atoms with Crippen molar-refractivity contribution in [2.24, 2.45) is 16.3 Å². The number of primary amides is 1. The lowest BCUT2D eigenvalue weighted by Crippen LogP contribution is -2.71. The Morgan fingerprint density at radius 1 is 1.27 bits per heavy atom. The molecule has 1 saturated heterocycles. The molecule has 0 saturated carbocycles. The van der Waals surface area contributed by atoms with Crippen LogP contribution in [0.25, 0.3) is 0 Å². The number of thiazole rings is 1. The average Bonchev–Trinajstić information content (AvgIpc) is 3.25. The summed E-state index contributed by atoms with van der Waals surface area (Å²) in [6.07, 6.45) is -1.09. The van der Waals surface area contributed by atoms with Crippen molar-refractivity contribution in [3.63, 3.8) is 0 Å². The molecule has 0 radical (unpaired) electrons. The molecule has 3 rings (SSSR count). The molecule has 1 aromatic heterocycles. The van der Waals surface area contributed by atoms with Crippen LogP contribution in [-0.2, 0) is 33.4 Å². The first-order valence-electron chi connectivity index (χ1n) is 10.5. The van der Waals surface area contributed by atoms with E-state index in [0.29, 0.717) is 0 Å². The third kappa shape index (κ3) is 6.11. The van der Waals surface area contributed by atoms with Crippen LogP contribution in [0.2, 0.25) is 0 Å². The van der Waals surface area contributed by atoms with E-state index >= 15 is 0 Å². The molecular formula is C20H24N6O9S2. The Morgan fingerprint density at radius 3 is 2.54 bits per heavy atom. The number of nitrogen functional groups attached to an aromatic ring is 1. The van der Waals surface area contributed by atoms with Gasteiger partial charge in [0.05, 0.1) is 5.41 Å². The number of nitrogens with zero attached hydrogens (tertiary/aromatic N) is 3. The van der Waals surface area contributed by atoms with Crippen molar-refractivity contribution < 1.29 is 43.4 Å². The van der Waals surface area contributed by atoms with Gasteiger partial charge in [-0.25, -0.2) is 14.6 Å². The molecule has 0 aromatic carbocycles. The molecule has 0 bridgehead atoms. The second-order valence-electron chi connectivity index (χ2n) is 8.67. The highest BCUT2D eigenvalue weighted by Crippen LogP contribution is 2.40. The molecule has 0 unspecified atom stereocenters. The first-order valence-corrected chi connectivity index (χ1v) is 12.5. The highest BCUT2D eigenvalue weighted by atomic mass is 32.2. The van der Waals surface area contributed by atoms with Gasteiger partial charge in [0, 0.05) is 16.7 Å². The summed E-state index contributed by atoms with van der Waals surface area (Å²) in [5.41, 5.74) is 9.30. The van der Waals surface area contributed by atoms with E-state index in [9.17, 15) is 29.2 Å². The molecule has 37 heavy (non-hydrogen) atoms. The van der Waals surface area contributed by atoms with E-state index in [2.05, 4.69) is 15.5 Å². The van der Waals surface area contributed by atoms with Crippen LogP contribution in [0.3, 0.4) is 0 Å². The molecule has 2 aliphatic rings. The summed E-state index contributed by atoms with van der Waals surface area (Å²) in [6.45, 7) is 3.74. The SMILES string of the molecule is CC(C)(C)C(=O)OCOC(=O)C1=C(COC(N)=O)CS[C@@H]2[C@H](NC(=O)/C(=N\O)c3csc(N)n3)C(=O)N12. The smallest absolute Gasteiger partial charge is 0.404 e. The Hall–Kier alpha value is -3.86. The quantitative estimate of drug-likeness (QED) is 0.0811. The van der Waals surface area contributed by atoms with Gasteiger partial charge in [-0.1, -0.05) is 5.16 Å². The minimum absolute atomic E-state index is 0.0160. The number of anilines is 1. The molecular weight excluding hydrogens is 532 g/mol. The van der Waals surface area contributed by atoms with Crippen molar-refractivity contribution in [3.05, 3.63) is 22.3 Å². The van der Waals surface area contributed by atoms with Gasteiger partial charge in [-0.2, -0.15) is 0 Å². The van der Waals surface area contributed by atoms with Gasteiger partial charge < -0.3 is 36.2 Å². The van der Waals surface area contributed by atoms with Crippen LogP contribution in [0.1, 0.15) is 26.5 Å². The van der Waals surface area contributed by atoms with Crippen molar-refractivity contribution in [3.8, 4) is 0 Å². The van der Waals surface area contributed by atoms with Crippen molar-refractivity contribution in [1.82, 2.24) is 15.2 Å². The van der Waals surface area contributed by atoms with E-state index in [-0.39, 0.29) is 27.8 Å². The van der Waals surface area contributed by atoms with Gasteiger partial charge in [0.15, 0.2) is 10.8 Å². The summed E-state index contributed by atoms with van der Waals surface area (Å²) in [6, 6.07) is -1.09. The van der Waals surface area contributed by atoms with Gasteiger partial charge in [-0.05, 0) is 20.8 Å². The second kappa shape index (κ2) is 11.0. The van der Waals surface area contributed by atoms with Gasteiger partial charge in [0.25, 0.3) is 11.8 Å². The third-order valence-electron chi connectivity index (χ3n) is 4.99. The van der Waals surface area contributed by atoms with Crippen molar-refractivity contribution in [1.29, 1.82) is 0 Å². The number of amides is 3. The number of esters is 2. The zero-order chi connectivity index (χ0) is 27.5. The molecule has 0 aliphatic carbocycles. The first kappa shape index (κ1) is 27.7. The maximum Gasteiger partial charge on any atom is 0.404 e. The summed E-state index contributed by atoms with van der Waals surface area (Å²) in [5, 5.41) is 15.5. The number of nitrogens with one attached hydrogen (secondary N) is 1. The van der Waals surface area contributed by atoms with E-state index < -0.39 is 65.8 Å². The lowest BCUT2D eigenvalue weighted by atomic mass is 9.98. The van der Waals surface area contributed by atoms with Gasteiger partial charge in [-0.3, -0.25) is 19.3 Å². The number of nitrogens with two attached hydrogens (primary N) is 2. The molecule has 200 valence electrons. The highest BCUT2D eigenvalue weighted by molar-refractivity contribution is 8.00. The number of rotatable bonds is 8. The topological polar surface area (TPSA) is 226 Å². The van der Waals surface area contributed by atoms with Gasteiger partial charge in [0.1, 0.15) is 29.4 Å². The van der Waals surface area contributed by atoms with Crippen LogP contribution >= 0.6 is 23.1 Å². The van der Waals surface area contributed by atoms with Crippen molar-refractivity contribution in [2.75, 3.05) is 24.9 Å². The summed E-state index contributed by atoms with van der Waals surface area (Å²) in [7, 11) is 0. The average molecular weight is 557 g/mol. The number of carbonyl (C=O) groups excluding carboxylic acids is 5.